The lowest BCUT2D eigenvalue weighted by Gasteiger charge is -2.25. The monoisotopic (exact) mass is 286 g/mol. The van der Waals surface area contributed by atoms with Crippen LogP contribution in [0.2, 0.25) is 0 Å². The number of nitrogens with zero attached hydrogens (tertiary/aromatic N) is 1. The maximum Gasteiger partial charge on any atom is 0.140 e. The average Bonchev–Trinajstić information content (AvgIpc) is 2.26. The van der Waals surface area contributed by atoms with Gasteiger partial charge in [-0.3, -0.25) is 0 Å². The quantitative estimate of drug-likeness (QED) is 0.845. The second-order valence-electron chi connectivity index (χ2n) is 4.68. The molecule has 0 saturated carbocycles. The molecule has 3 nitrogen and oxygen atoms in total. The maximum atomic E-state index is 8.82. The van der Waals surface area contributed by atoms with Crippen molar-refractivity contribution < 1.29 is 5.11 Å². The van der Waals surface area contributed by atoms with Crippen molar-refractivity contribution in [1.29, 1.82) is 0 Å². The Kier molecular flexibility index (Phi) is 5.22. The minimum atomic E-state index is 0.166. The second kappa shape index (κ2) is 6.21. The maximum absolute atomic E-state index is 8.82. The van der Waals surface area contributed by atoms with Crippen LogP contribution in [0.4, 0.5) is 5.82 Å². The molecule has 1 aromatic heterocycles. The van der Waals surface area contributed by atoms with E-state index in [2.05, 4.69) is 40.1 Å². The van der Waals surface area contributed by atoms with Gasteiger partial charge in [-0.1, -0.05) is 13.8 Å². The molecule has 0 bridgehead atoms. The fourth-order valence-electron chi connectivity index (χ4n) is 1.48. The van der Waals surface area contributed by atoms with E-state index < -0.39 is 0 Å². The summed E-state index contributed by atoms with van der Waals surface area (Å²) >= 11 is 3.45. The van der Waals surface area contributed by atoms with Gasteiger partial charge in [-0.05, 0) is 46.3 Å². The molecule has 0 unspecified atom stereocenters. The standard InChI is InChI=1S/C12H19BrN2O/c1-12(2,6-4-8-16)9-15-11-10(13)5-3-7-14-11/h3,5,7,16H,4,6,8-9H2,1-2H3,(H,14,15). The summed E-state index contributed by atoms with van der Waals surface area (Å²) in [4.78, 5) is 4.25. The predicted molar refractivity (Wildman–Crippen MR) is 70.5 cm³/mol. The third kappa shape index (κ3) is 4.49. The first-order valence-electron chi connectivity index (χ1n) is 5.50. The number of hydrogen-bond acceptors (Lipinski definition) is 3. The summed E-state index contributed by atoms with van der Waals surface area (Å²) in [5.41, 5.74) is 0.166. The number of nitrogens with one attached hydrogen (secondary N) is 1. The first kappa shape index (κ1) is 13.5. The third-order valence-corrected chi connectivity index (χ3v) is 3.14. The largest absolute Gasteiger partial charge is 0.396 e. The molecule has 16 heavy (non-hydrogen) atoms. The van der Waals surface area contributed by atoms with Gasteiger partial charge in [0.1, 0.15) is 5.82 Å². The molecule has 1 rings (SSSR count). The van der Waals surface area contributed by atoms with Gasteiger partial charge in [0.2, 0.25) is 0 Å². The highest BCUT2D eigenvalue weighted by Crippen LogP contribution is 2.24. The number of anilines is 1. The van der Waals surface area contributed by atoms with E-state index in [1.807, 2.05) is 12.1 Å². The van der Waals surface area contributed by atoms with Gasteiger partial charge in [-0.15, -0.1) is 0 Å². The third-order valence-electron chi connectivity index (χ3n) is 2.50. The predicted octanol–water partition coefficient (Wildman–Crippen LogP) is 3.05. The van der Waals surface area contributed by atoms with Crippen LogP contribution >= 0.6 is 15.9 Å². The fourth-order valence-corrected chi connectivity index (χ4v) is 1.88. The molecule has 0 fully saturated rings. The highest BCUT2D eigenvalue weighted by atomic mass is 79.9. The summed E-state index contributed by atoms with van der Waals surface area (Å²) < 4.78 is 0.980. The molecule has 0 aliphatic carbocycles. The first-order valence-corrected chi connectivity index (χ1v) is 6.30. The molecule has 0 amide bonds. The Labute approximate surface area is 105 Å². The van der Waals surface area contributed by atoms with Gasteiger partial charge in [0.25, 0.3) is 0 Å². The number of pyridine rings is 1. The van der Waals surface area contributed by atoms with Crippen LogP contribution in [0.15, 0.2) is 22.8 Å². The van der Waals surface area contributed by atoms with E-state index in [9.17, 15) is 0 Å². The van der Waals surface area contributed by atoms with Gasteiger partial charge in [0, 0.05) is 19.3 Å². The summed E-state index contributed by atoms with van der Waals surface area (Å²) in [6.07, 6.45) is 3.62. The van der Waals surface area contributed by atoms with Gasteiger partial charge in [0.05, 0.1) is 4.47 Å². The molecule has 0 saturated heterocycles. The van der Waals surface area contributed by atoms with Crippen molar-refractivity contribution in [3.63, 3.8) is 0 Å². The smallest absolute Gasteiger partial charge is 0.140 e. The van der Waals surface area contributed by atoms with E-state index in [0.29, 0.717) is 0 Å². The van der Waals surface area contributed by atoms with E-state index in [1.54, 1.807) is 6.20 Å². The van der Waals surface area contributed by atoms with E-state index in [4.69, 9.17) is 5.11 Å². The number of aromatic nitrogens is 1. The van der Waals surface area contributed by atoms with Gasteiger partial charge in [0.15, 0.2) is 0 Å². The minimum absolute atomic E-state index is 0.166. The Hall–Kier alpha value is -0.610. The zero-order valence-corrected chi connectivity index (χ0v) is 11.4. The highest BCUT2D eigenvalue weighted by molar-refractivity contribution is 9.10. The molecule has 2 N–H and O–H groups in total. The highest BCUT2D eigenvalue weighted by Gasteiger charge is 2.17. The molecule has 90 valence electrons. The lowest BCUT2D eigenvalue weighted by molar-refractivity contribution is 0.248. The minimum Gasteiger partial charge on any atom is -0.396 e. The summed E-state index contributed by atoms with van der Waals surface area (Å²) in [6, 6.07) is 3.86. The van der Waals surface area contributed by atoms with Crippen LogP contribution in [0.5, 0.6) is 0 Å². The van der Waals surface area contributed by atoms with Gasteiger partial charge < -0.3 is 10.4 Å². The van der Waals surface area contributed by atoms with Crippen molar-refractivity contribution in [1.82, 2.24) is 4.98 Å². The number of hydrogen-bond donors (Lipinski definition) is 2. The van der Waals surface area contributed by atoms with Crippen molar-refractivity contribution in [2.45, 2.75) is 26.7 Å². The number of rotatable bonds is 6. The second-order valence-corrected chi connectivity index (χ2v) is 5.53. The summed E-state index contributed by atoms with van der Waals surface area (Å²) in [5.74, 6) is 0.875. The fraction of sp³-hybridized carbons (Fsp3) is 0.583. The summed E-state index contributed by atoms with van der Waals surface area (Å²) in [7, 11) is 0. The molecule has 1 aromatic rings. The first-order chi connectivity index (χ1) is 7.55. The molecule has 0 aliphatic rings. The number of aliphatic hydroxyl groups is 1. The Bertz CT molecular complexity index is 329. The van der Waals surface area contributed by atoms with Crippen molar-refractivity contribution >= 4 is 21.7 Å². The Morgan fingerprint density at radius 2 is 2.25 bits per heavy atom. The zero-order valence-electron chi connectivity index (χ0n) is 9.83. The van der Waals surface area contributed by atoms with Crippen molar-refractivity contribution in [3.05, 3.63) is 22.8 Å². The molecule has 0 aromatic carbocycles. The Balaban J connectivity index is 2.47. The normalized spacial score (nSPS) is 11.5. The molecular formula is C12H19BrN2O. The van der Waals surface area contributed by atoms with Crippen LogP contribution in [0.25, 0.3) is 0 Å². The molecular weight excluding hydrogens is 268 g/mol. The average molecular weight is 287 g/mol. The van der Waals surface area contributed by atoms with Crippen LogP contribution in [0.3, 0.4) is 0 Å². The Morgan fingerprint density at radius 1 is 1.50 bits per heavy atom. The lowest BCUT2D eigenvalue weighted by atomic mass is 9.88. The van der Waals surface area contributed by atoms with E-state index in [1.165, 1.54) is 0 Å². The van der Waals surface area contributed by atoms with E-state index >= 15 is 0 Å². The number of aliphatic hydroxyl groups excluding tert-OH is 1. The zero-order chi connectivity index (χ0) is 12.0. The van der Waals surface area contributed by atoms with E-state index in [-0.39, 0.29) is 12.0 Å². The number of halogens is 1. The van der Waals surface area contributed by atoms with Crippen LogP contribution in [-0.2, 0) is 0 Å². The van der Waals surface area contributed by atoms with Gasteiger partial charge in [-0.25, -0.2) is 4.98 Å². The summed E-state index contributed by atoms with van der Waals surface area (Å²) in [6.45, 7) is 5.48. The Morgan fingerprint density at radius 3 is 2.88 bits per heavy atom. The van der Waals surface area contributed by atoms with Crippen LogP contribution in [0.1, 0.15) is 26.7 Å². The molecule has 0 spiro atoms. The van der Waals surface area contributed by atoms with Crippen molar-refractivity contribution in [2.75, 3.05) is 18.5 Å². The van der Waals surface area contributed by atoms with Gasteiger partial charge >= 0.3 is 0 Å². The molecule has 0 aliphatic heterocycles. The molecule has 0 atom stereocenters. The van der Waals surface area contributed by atoms with Crippen molar-refractivity contribution in [2.24, 2.45) is 5.41 Å². The summed E-state index contributed by atoms with van der Waals surface area (Å²) in [5, 5.41) is 12.1. The topological polar surface area (TPSA) is 45.1 Å². The molecule has 4 heteroatoms. The van der Waals surface area contributed by atoms with E-state index in [0.717, 1.165) is 29.7 Å². The molecule has 0 radical (unpaired) electrons. The SMILES string of the molecule is CC(C)(CCCO)CNc1ncccc1Br. The lowest BCUT2D eigenvalue weighted by Crippen LogP contribution is -2.23. The van der Waals surface area contributed by atoms with Crippen LogP contribution < -0.4 is 5.32 Å². The van der Waals surface area contributed by atoms with Crippen LogP contribution in [-0.4, -0.2) is 23.2 Å². The van der Waals surface area contributed by atoms with Crippen LogP contribution in [0, 0.1) is 5.41 Å². The molecule has 1 heterocycles. The van der Waals surface area contributed by atoms with Gasteiger partial charge in [-0.2, -0.15) is 0 Å². The van der Waals surface area contributed by atoms with Crippen molar-refractivity contribution in [3.8, 4) is 0 Å².